The summed E-state index contributed by atoms with van der Waals surface area (Å²) in [7, 11) is 0. The average molecular weight is 444 g/mol. The molecule has 0 fully saturated rings. The van der Waals surface area contributed by atoms with Gasteiger partial charge in [-0.3, -0.25) is 0 Å². The van der Waals surface area contributed by atoms with Crippen LogP contribution in [0, 0.1) is 13.8 Å². The molecule has 5 aromatic rings. The molecule has 0 amide bonds. The fourth-order valence-corrected chi connectivity index (χ4v) is 6.12. The number of phenolic OH excluding ortho intramolecular Hbond substituents is 2. The fraction of sp³-hybridized carbons (Fsp3) is 0.100. The third kappa shape index (κ3) is 2.03. The lowest BCUT2D eigenvalue weighted by atomic mass is 9.77. The molecule has 0 saturated carbocycles. The van der Waals surface area contributed by atoms with E-state index < -0.39 is 5.60 Å². The van der Waals surface area contributed by atoms with E-state index in [4.69, 9.17) is 4.74 Å². The molecule has 0 aromatic heterocycles. The summed E-state index contributed by atoms with van der Waals surface area (Å²) < 4.78 is 6.50. The van der Waals surface area contributed by atoms with Crippen LogP contribution in [0.5, 0.6) is 11.5 Å². The summed E-state index contributed by atoms with van der Waals surface area (Å²) in [5.74, 6) is -0.0287. The van der Waals surface area contributed by atoms with Gasteiger partial charge in [0.1, 0.15) is 11.5 Å². The van der Waals surface area contributed by atoms with Gasteiger partial charge in [-0.05, 0) is 65.1 Å². The van der Waals surface area contributed by atoms with Gasteiger partial charge in [-0.1, -0.05) is 54.6 Å². The monoisotopic (exact) mass is 444 g/mol. The summed E-state index contributed by atoms with van der Waals surface area (Å²) >= 11 is 0. The summed E-state index contributed by atoms with van der Waals surface area (Å²) in [5.41, 5.74) is 4.86. The van der Waals surface area contributed by atoms with Crippen molar-refractivity contribution in [1.82, 2.24) is 0 Å². The zero-order valence-electron chi connectivity index (χ0n) is 18.6. The number of ether oxygens (including phenoxy) is 1. The first kappa shape index (κ1) is 19.2. The highest BCUT2D eigenvalue weighted by molar-refractivity contribution is 6.12. The second kappa shape index (κ2) is 6.17. The number of hydrogen-bond acceptors (Lipinski definition) is 4. The first-order chi connectivity index (χ1) is 16.4. The van der Waals surface area contributed by atoms with Crippen LogP contribution in [-0.2, 0) is 10.3 Å². The molecular weight excluding hydrogens is 424 g/mol. The van der Waals surface area contributed by atoms with Gasteiger partial charge in [-0.15, -0.1) is 0 Å². The molecule has 164 valence electrons. The lowest BCUT2D eigenvalue weighted by Crippen LogP contribution is -2.37. The van der Waals surface area contributed by atoms with E-state index in [0.29, 0.717) is 22.1 Å². The number of rotatable bonds is 0. The topological polar surface area (TPSA) is 66.8 Å². The number of aromatic hydroxyl groups is 2. The number of hydrogen-bond donors (Lipinski definition) is 2. The van der Waals surface area contributed by atoms with Gasteiger partial charge in [0, 0.05) is 27.5 Å². The molecule has 34 heavy (non-hydrogen) atoms. The van der Waals surface area contributed by atoms with Crippen LogP contribution in [-0.4, -0.2) is 16.2 Å². The highest BCUT2D eigenvalue weighted by Gasteiger charge is 2.54. The molecule has 5 aromatic carbocycles. The standard InChI is InChI=1S/C30H20O4/c1-15-23(31)14-13-22-24(15)25-16(2)28(32)19-10-4-3-9-18(19)27(25)30(22)21-12-6-8-17-7-5-11-20(26(17)21)29(33)34-30/h3-14,31-32H,1-2H3. The van der Waals surface area contributed by atoms with Crippen molar-refractivity contribution in [2.75, 3.05) is 0 Å². The largest absolute Gasteiger partial charge is 0.508 e. The summed E-state index contributed by atoms with van der Waals surface area (Å²) in [6.07, 6.45) is 0. The molecule has 1 atom stereocenters. The average Bonchev–Trinajstić information content (AvgIpc) is 3.14. The van der Waals surface area contributed by atoms with Crippen molar-refractivity contribution in [3.8, 4) is 22.6 Å². The molecule has 1 heterocycles. The van der Waals surface area contributed by atoms with Crippen LogP contribution in [0.4, 0.5) is 0 Å². The molecule has 0 saturated heterocycles. The quantitative estimate of drug-likeness (QED) is 0.269. The number of benzene rings is 5. The molecule has 0 radical (unpaired) electrons. The second-order valence-electron chi connectivity index (χ2n) is 9.18. The van der Waals surface area contributed by atoms with E-state index in [-0.39, 0.29) is 17.5 Å². The van der Waals surface area contributed by atoms with Crippen molar-refractivity contribution >= 4 is 27.5 Å². The minimum Gasteiger partial charge on any atom is -0.508 e. The van der Waals surface area contributed by atoms with E-state index in [1.165, 1.54) is 0 Å². The predicted octanol–water partition coefficient (Wildman–Crippen LogP) is 6.46. The predicted molar refractivity (Wildman–Crippen MR) is 131 cm³/mol. The molecule has 1 unspecified atom stereocenters. The van der Waals surface area contributed by atoms with Gasteiger partial charge in [-0.2, -0.15) is 0 Å². The Morgan fingerprint density at radius 3 is 2.26 bits per heavy atom. The number of esters is 1. The van der Waals surface area contributed by atoms with Crippen molar-refractivity contribution in [3.63, 3.8) is 0 Å². The third-order valence-corrected chi connectivity index (χ3v) is 7.60. The van der Waals surface area contributed by atoms with Crippen LogP contribution >= 0.6 is 0 Å². The summed E-state index contributed by atoms with van der Waals surface area (Å²) in [5, 5.41) is 25.2. The van der Waals surface area contributed by atoms with Gasteiger partial charge < -0.3 is 14.9 Å². The molecule has 2 aliphatic rings. The number of phenols is 2. The van der Waals surface area contributed by atoms with E-state index in [0.717, 1.165) is 44.0 Å². The van der Waals surface area contributed by atoms with Crippen molar-refractivity contribution in [2.24, 2.45) is 0 Å². The Morgan fingerprint density at radius 2 is 1.47 bits per heavy atom. The van der Waals surface area contributed by atoms with Crippen LogP contribution in [0.3, 0.4) is 0 Å². The van der Waals surface area contributed by atoms with Crippen LogP contribution in [0.2, 0.25) is 0 Å². The SMILES string of the molecule is Cc1c(O)ccc2c1-c1c(C)c(O)c3ccccc3c1C21OC(=O)c2cccc3cccc1c23. The number of fused-ring (bicyclic) bond motifs is 8. The molecule has 1 aliphatic heterocycles. The van der Waals surface area contributed by atoms with Crippen LogP contribution < -0.4 is 0 Å². The van der Waals surface area contributed by atoms with E-state index in [2.05, 4.69) is 0 Å². The first-order valence-corrected chi connectivity index (χ1v) is 11.3. The van der Waals surface area contributed by atoms with Crippen LogP contribution in [0.25, 0.3) is 32.7 Å². The Kier molecular flexibility index (Phi) is 3.48. The fourth-order valence-electron chi connectivity index (χ4n) is 6.12. The van der Waals surface area contributed by atoms with E-state index in [1.807, 2.05) is 74.5 Å². The van der Waals surface area contributed by atoms with Crippen molar-refractivity contribution in [1.29, 1.82) is 0 Å². The minimum absolute atomic E-state index is 0.162. The minimum atomic E-state index is -1.20. The Balaban J connectivity index is 1.80. The highest BCUT2D eigenvalue weighted by atomic mass is 16.6. The molecule has 2 N–H and O–H groups in total. The lowest BCUT2D eigenvalue weighted by molar-refractivity contribution is 0.0145. The van der Waals surface area contributed by atoms with Crippen LogP contribution in [0.1, 0.15) is 38.2 Å². The maximum atomic E-state index is 13.6. The molecular formula is C30H20O4. The lowest BCUT2D eigenvalue weighted by Gasteiger charge is -2.37. The highest BCUT2D eigenvalue weighted by Crippen LogP contribution is 2.62. The third-order valence-electron chi connectivity index (χ3n) is 7.60. The molecule has 4 heteroatoms. The van der Waals surface area contributed by atoms with Gasteiger partial charge in [-0.25, -0.2) is 4.79 Å². The van der Waals surface area contributed by atoms with E-state index in [1.54, 1.807) is 12.1 Å². The Labute approximate surface area is 195 Å². The molecule has 1 aliphatic carbocycles. The van der Waals surface area contributed by atoms with Crippen molar-refractivity contribution < 1.29 is 19.7 Å². The first-order valence-electron chi connectivity index (χ1n) is 11.3. The Hall–Kier alpha value is -4.31. The maximum Gasteiger partial charge on any atom is 0.340 e. The summed E-state index contributed by atoms with van der Waals surface area (Å²) in [6, 6.07) is 22.9. The van der Waals surface area contributed by atoms with Crippen LogP contribution in [0.15, 0.2) is 72.8 Å². The normalized spacial score (nSPS) is 17.8. The maximum absolute atomic E-state index is 13.6. The second-order valence-corrected chi connectivity index (χ2v) is 9.18. The zero-order chi connectivity index (χ0) is 23.4. The molecule has 1 spiro atoms. The molecule has 4 nitrogen and oxygen atoms in total. The van der Waals surface area contributed by atoms with Gasteiger partial charge in [0.2, 0.25) is 0 Å². The molecule has 0 bridgehead atoms. The smallest absolute Gasteiger partial charge is 0.340 e. The van der Waals surface area contributed by atoms with Gasteiger partial charge in [0.15, 0.2) is 5.60 Å². The Morgan fingerprint density at radius 1 is 0.735 bits per heavy atom. The number of carbonyl (C=O) groups excluding carboxylic acids is 1. The van der Waals surface area contributed by atoms with Gasteiger partial charge in [0.25, 0.3) is 0 Å². The summed E-state index contributed by atoms with van der Waals surface area (Å²) in [6.45, 7) is 3.74. The van der Waals surface area contributed by atoms with Gasteiger partial charge >= 0.3 is 5.97 Å². The van der Waals surface area contributed by atoms with E-state index in [9.17, 15) is 15.0 Å². The van der Waals surface area contributed by atoms with Crippen molar-refractivity contribution in [3.05, 3.63) is 106 Å². The zero-order valence-corrected chi connectivity index (χ0v) is 18.6. The van der Waals surface area contributed by atoms with Gasteiger partial charge in [0.05, 0.1) is 5.56 Å². The van der Waals surface area contributed by atoms with Crippen molar-refractivity contribution in [2.45, 2.75) is 19.4 Å². The molecule has 7 rings (SSSR count). The Bertz CT molecular complexity index is 1740. The number of carbonyl (C=O) groups is 1. The van der Waals surface area contributed by atoms with E-state index >= 15 is 0 Å². The summed E-state index contributed by atoms with van der Waals surface area (Å²) in [4.78, 5) is 13.6.